The Morgan fingerprint density at radius 2 is 2.00 bits per heavy atom. The molecule has 100 valence electrons. The smallest absolute Gasteiger partial charge is 0.356 e. The molecule has 1 aliphatic rings. The Balaban J connectivity index is 2.45. The van der Waals surface area contributed by atoms with Crippen molar-refractivity contribution >= 4 is 11.8 Å². The standard InChI is InChI=1S/C13H21N3O2/c1-8(2)16-12(14)10(11(15-16)13(17)18)9-6-4-3-5-7-9/h8-9H,3-7,14H2,1-2H3,(H,17,18). The predicted octanol–water partition coefficient (Wildman–Crippen LogP) is 2.79. The van der Waals surface area contributed by atoms with Crippen LogP contribution in [0.4, 0.5) is 5.82 Å². The molecule has 18 heavy (non-hydrogen) atoms. The summed E-state index contributed by atoms with van der Waals surface area (Å²) in [5, 5.41) is 13.5. The molecule has 1 saturated carbocycles. The zero-order chi connectivity index (χ0) is 13.3. The van der Waals surface area contributed by atoms with E-state index >= 15 is 0 Å². The van der Waals surface area contributed by atoms with Crippen LogP contribution in [0.3, 0.4) is 0 Å². The van der Waals surface area contributed by atoms with Gasteiger partial charge in [0.1, 0.15) is 5.82 Å². The molecule has 0 unspecified atom stereocenters. The molecule has 5 heteroatoms. The van der Waals surface area contributed by atoms with Gasteiger partial charge in [0.05, 0.1) is 0 Å². The number of aromatic carboxylic acids is 1. The third kappa shape index (κ3) is 2.21. The summed E-state index contributed by atoms with van der Waals surface area (Å²) in [6.45, 7) is 3.92. The van der Waals surface area contributed by atoms with E-state index in [4.69, 9.17) is 5.73 Å². The van der Waals surface area contributed by atoms with Gasteiger partial charge in [-0.2, -0.15) is 5.10 Å². The Morgan fingerprint density at radius 1 is 1.39 bits per heavy atom. The van der Waals surface area contributed by atoms with E-state index < -0.39 is 5.97 Å². The summed E-state index contributed by atoms with van der Waals surface area (Å²) in [6.07, 6.45) is 5.58. The van der Waals surface area contributed by atoms with E-state index in [0.717, 1.165) is 31.2 Å². The second-order valence-electron chi connectivity index (χ2n) is 5.33. The Kier molecular flexibility index (Phi) is 3.59. The van der Waals surface area contributed by atoms with Crippen molar-refractivity contribution in [2.45, 2.75) is 57.9 Å². The average Bonchev–Trinajstić information content (AvgIpc) is 2.68. The van der Waals surface area contributed by atoms with Gasteiger partial charge in [-0.25, -0.2) is 9.48 Å². The fraction of sp³-hybridized carbons (Fsp3) is 0.692. The molecule has 0 saturated heterocycles. The molecular formula is C13H21N3O2. The highest BCUT2D eigenvalue weighted by Crippen LogP contribution is 2.38. The first-order valence-electron chi connectivity index (χ1n) is 6.63. The van der Waals surface area contributed by atoms with Crippen molar-refractivity contribution in [3.8, 4) is 0 Å². The minimum atomic E-state index is -0.971. The maximum atomic E-state index is 11.3. The van der Waals surface area contributed by atoms with Crippen molar-refractivity contribution in [2.75, 3.05) is 5.73 Å². The van der Waals surface area contributed by atoms with Gasteiger partial charge in [-0.3, -0.25) is 0 Å². The first-order valence-corrected chi connectivity index (χ1v) is 6.63. The van der Waals surface area contributed by atoms with E-state index in [1.54, 1.807) is 4.68 Å². The van der Waals surface area contributed by atoms with Crippen molar-refractivity contribution in [1.82, 2.24) is 9.78 Å². The van der Waals surface area contributed by atoms with Crippen LogP contribution < -0.4 is 5.73 Å². The van der Waals surface area contributed by atoms with E-state index in [1.807, 2.05) is 13.8 Å². The van der Waals surface area contributed by atoms with Crippen LogP contribution in [0.2, 0.25) is 0 Å². The zero-order valence-corrected chi connectivity index (χ0v) is 11.0. The van der Waals surface area contributed by atoms with Gasteiger partial charge in [-0.1, -0.05) is 19.3 Å². The minimum Gasteiger partial charge on any atom is -0.476 e. The lowest BCUT2D eigenvalue weighted by Crippen LogP contribution is -2.11. The molecule has 0 atom stereocenters. The molecule has 2 rings (SSSR count). The van der Waals surface area contributed by atoms with E-state index in [-0.39, 0.29) is 17.7 Å². The Bertz CT molecular complexity index is 445. The first kappa shape index (κ1) is 12.9. The van der Waals surface area contributed by atoms with Crippen molar-refractivity contribution in [2.24, 2.45) is 0 Å². The number of aromatic nitrogens is 2. The largest absolute Gasteiger partial charge is 0.476 e. The first-order chi connectivity index (χ1) is 8.52. The summed E-state index contributed by atoms with van der Waals surface area (Å²) in [6, 6.07) is 0.0837. The minimum absolute atomic E-state index is 0.0837. The van der Waals surface area contributed by atoms with Crippen LogP contribution in [0.15, 0.2) is 0 Å². The highest BCUT2D eigenvalue weighted by molar-refractivity contribution is 5.89. The summed E-state index contributed by atoms with van der Waals surface area (Å²) >= 11 is 0. The number of hydrogen-bond donors (Lipinski definition) is 2. The monoisotopic (exact) mass is 251 g/mol. The number of hydrogen-bond acceptors (Lipinski definition) is 3. The molecule has 0 bridgehead atoms. The molecule has 0 radical (unpaired) electrons. The van der Waals surface area contributed by atoms with Crippen molar-refractivity contribution in [3.63, 3.8) is 0 Å². The third-order valence-electron chi connectivity index (χ3n) is 3.69. The van der Waals surface area contributed by atoms with Crippen molar-refractivity contribution in [3.05, 3.63) is 11.3 Å². The van der Waals surface area contributed by atoms with E-state index in [0.29, 0.717) is 5.82 Å². The second kappa shape index (κ2) is 5.00. The van der Waals surface area contributed by atoms with Gasteiger partial charge in [-0.15, -0.1) is 0 Å². The van der Waals surface area contributed by atoms with Gasteiger partial charge in [0.2, 0.25) is 0 Å². The molecule has 1 heterocycles. The van der Waals surface area contributed by atoms with Gasteiger partial charge >= 0.3 is 5.97 Å². The number of carboxylic acids is 1. The van der Waals surface area contributed by atoms with Gasteiger partial charge < -0.3 is 10.8 Å². The van der Waals surface area contributed by atoms with E-state index in [9.17, 15) is 9.90 Å². The highest BCUT2D eigenvalue weighted by Gasteiger charge is 2.29. The van der Waals surface area contributed by atoms with Gasteiger partial charge in [-0.05, 0) is 32.6 Å². The molecule has 1 aromatic heterocycles. The Morgan fingerprint density at radius 3 is 2.50 bits per heavy atom. The molecule has 5 nitrogen and oxygen atoms in total. The molecule has 1 aliphatic carbocycles. The Labute approximate surface area is 107 Å². The van der Waals surface area contributed by atoms with Crippen LogP contribution in [0, 0.1) is 0 Å². The lowest BCUT2D eigenvalue weighted by molar-refractivity contribution is 0.0687. The third-order valence-corrected chi connectivity index (χ3v) is 3.69. The Hall–Kier alpha value is -1.52. The van der Waals surface area contributed by atoms with Gasteiger partial charge in [0.15, 0.2) is 5.69 Å². The van der Waals surface area contributed by atoms with Crippen LogP contribution in [0.1, 0.15) is 74.0 Å². The van der Waals surface area contributed by atoms with Crippen LogP contribution in [-0.2, 0) is 0 Å². The molecule has 0 amide bonds. The average molecular weight is 251 g/mol. The quantitative estimate of drug-likeness (QED) is 0.865. The van der Waals surface area contributed by atoms with Crippen LogP contribution in [0.25, 0.3) is 0 Å². The summed E-state index contributed by atoms with van der Waals surface area (Å²) in [7, 11) is 0. The maximum Gasteiger partial charge on any atom is 0.356 e. The SMILES string of the molecule is CC(C)n1nc(C(=O)O)c(C2CCCCC2)c1N. The number of carbonyl (C=O) groups is 1. The van der Waals surface area contributed by atoms with E-state index in [2.05, 4.69) is 5.10 Å². The van der Waals surface area contributed by atoms with Crippen molar-refractivity contribution in [1.29, 1.82) is 0 Å². The second-order valence-corrected chi connectivity index (χ2v) is 5.33. The summed E-state index contributed by atoms with van der Waals surface area (Å²) in [4.78, 5) is 11.3. The number of nitrogens with two attached hydrogens (primary N) is 1. The molecule has 1 fully saturated rings. The van der Waals surface area contributed by atoms with Crippen LogP contribution in [0.5, 0.6) is 0 Å². The molecule has 1 aromatic rings. The van der Waals surface area contributed by atoms with E-state index in [1.165, 1.54) is 6.42 Å². The normalized spacial score (nSPS) is 17.3. The van der Waals surface area contributed by atoms with Crippen LogP contribution >= 0.6 is 0 Å². The molecule has 0 aliphatic heterocycles. The highest BCUT2D eigenvalue weighted by atomic mass is 16.4. The van der Waals surface area contributed by atoms with Crippen LogP contribution in [-0.4, -0.2) is 20.9 Å². The fourth-order valence-corrected chi connectivity index (χ4v) is 2.81. The molecule has 0 aromatic carbocycles. The van der Waals surface area contributed by atoms with Crippen molar-refractivity contribution < 1.29 is 9.90 Å². The number of anilines is 1. The summed E-state index contributed by atoms with van der Waals surface area (Å²) in [5.74, 6) is -0.173. The fourth-order valence-electron chi connectivity index (χ4n) is 2.81. The summed E-state index contributed by atoms with van der Waals surface area (Å²) in [5.41, 5.74) is 7.02. The number of carboxylic acid groups (broad SMARTS) is 1. The molecular weight excluding hydrogens is 230 g/mol. The van der Waals surface area contributed by atoms with Gasteiger partial charge in [0.25, 0.3) is 0 Å². The summed E-state index contributed by atoms with van der Waals surface area (Å²) < 4.78 is 1.63. The molecule has 3 N–H and O–H groups in total. The molecule has 0 spiro atoms. The maximum absolute atomic E-state index is 11.3. The number of rotatable bonds is 3. The number of nitrogens with zero attached hydrogens (tertiary/aromatic N) is 2. The number of nitrogen functional groups attached to an aromatic ring is 1. The predicted molar refractivity (Wildman–Crippen MR) is 69.8 cm³/mol. The zero-order valence-electron chi connectivity index (χ0n) is 11.0. The van der Waals surface area contributed by atoms with Gasteiger partial charge in [0, 0.05) is 11.6 Å². The topological polar surface area (TPSA) is 81.1 Å². The lowest BCUT2D eigenvalue weighted by Gasteiger charge is -2.22. The lowest BCUT2D eigenvalue weighted by atomic mass is 9.83.